The zero-order valence-corrected chi connectivity index (χ0v) is 20.1. The Kier molecular flexibility index (Phi) is 4.97. The van der Waals surface area contributed by atoms with Crippen LogP contribution in [0.3, 0.4) is 0 Å². The van der Waals surface area contributed by atoms with Gasteiger partial charge in [0.25, 0.3) is 0 Å². The molecule has 1 amide bonds. The molecule has 1 spiro atoms. The second kappa shape index (κ2) is 8.10. The van der Waals surface area contributed by atoms with Gasteiger partial charge in [0.05, 0.1) is 0 Å². The molecule has 0 bridgehead atoms. The fourth-order valence-corrected chi connectivity index (χ4v) is 5.25. The molecule has 6 rings (SSSR count). The van der Waals surface area contributed by atoms with E-state index < -0.39 is 28.8 Å². The minimum atomic E-state index is -1.82. The third-order valence-corrected chi connectivity index (χ3v) is 6.86. The van der Waals surface area contributed by atoms with Gasteiger partial charge in [-0.3, -0.25) is 4.79 Å². The number of carbonyl (C=O) groups excluding carboxylic acids is 2. The molecule has 36 heavy (non-hydrogen) atoms. The highest BCUT2D eigenvalue weighted by molar-refractivity contribution is 9.10. The molecule has 0 radical (unpaired) electrons. The van der Waals surface area contributed by atoms with Crippen molar-refractivity contribution in [2.75, 3.05) is 5.32 Å². The van der Waals surface area contributed by atoms with Crippen LogP contribution < -0.4 is 21.4 Å². The van der Waals surface area contributed by atoms with E-state index in [0.717, 1.165) is 5.56 Å². The molecule has 0 aliphatic carbocycles. The normalized spacial score (nSPS) is 18.0. The molecule has 4 aromatic rings. The molecule has 8 nitrogen and oxygen atoms in total. The Balaban J connectivity index is 1.65. The van der Waals surface area contributed by atoms with Gasteiger partial charge in [-0.15, -0.1) is 0 Å². The lowest BCUT2D eigenvalue weighted by Gasteiger charge is -2.35. The monoisotopic (exact) mass is 544 g/mol. The molecule has 1 aromatic heterocycles. The predicted molar refractivity (Wildman–Crippen MR) is 134 cm³/mol. The van der Waals surface area contributed by atoms with Gasteiger partial charge < -0.3 is 24.9 Å². The van der Waals surface area contributed by atoms with Crippen molar-refractivity contribution >= 4 is 44.5 Å². The highest BCUT2D eigenvalue weighted by Crippen LogP contribution is 2.55. The van der Waals surface area contributed by atoms with E-state index in [1.165, 1.54) is 0 Å². The molecule has 2 aliphatic rings. The summed E-state index contributed by atoms with van der Waals surface area (Å²) in [5, 5.41) is 3.27. The van der Waals surface area contributed by atoms with Gasteiger partial charge in [0.1, 0.15) is 23.2 Å². The summed E-state index contributed by atoms with van der Waals surface area (Å²) < 4.78 is 17.4. The molecule has 3 heterocycles. The summed E-state index contributed by atoms with van der Waals surface area (Å²) in [4.78, 5) is 40.6. The Labute approximate surface area is 212 Å². The Hall–Kier alpha value is -4.37. The van der Waals surface area contributed by atoms with Gasteiger partial charge in [-0.25, -0.2) is 9.59 Å². The van der Waals surface area contributed by atoms with Crippen LogP contribution in [0.5, 0.6) is 5.75 Å². The summed E-state index contributed by atoms with van der Waals surface area (Å²) in [5.41, 5.74) is 5.47. The minimum Gasteiger partial charge on any atom is -0.457 e. The number of anilines is 1. The smallest absolute Gasteiger partial charge is 0.380 e. The second-order valence-electron chi connectivity index (χ2n) is 8.39. The van der Waals surface area contributed by atoms with Gasteiger partial charge in [-0.2, -0.15) is 0 Å². The highest BCUT2D eigenvalue weighted by Gasteiger charge is 2.60. The molecule has 178 valence electrons. The van der Waals surface area contributed by atoms with Crippen LogP contribution in [-0.4, -0.2) is 11.9 Å². The van der Waals surface area contributed by atoms with E-state index in [0.29, 0.717) is 21.1 Å². The van der Waals surface area contributed by atoms with Gasteiger partial charge in [0.2, 0.25) is 17.5 Å². The van der Waals surface area contributed by atoms with E-state index in [2.05, 4.69) is 21.2 Å². The van der Waals surface area contributed by atoms with Crippen molar-refractivity contribution in [3.05, 3.63) is 116 Å². The number of nitrogens with one attached hydrogen (secondary N) is 1. The molecule has 0 saturated carbocycles. The van der Waals surface area contributed by atoms with Gasteiger partial charge in [-0.05, 0) is 29.8 Å². The Morgan fingerprint density at radius 3 is 2.58 bits per heavy atom. The van der Waals surface area contributed by atoms with Gasteiger partial charge in [-0.1, -0.05) is 64.5 Å². The largest absolute Gasteiger partial charge is 0.457 e. The highest BCUT2D eigenvalue weighted by atomic mass is 79.9. The van der Waals surface area contributed by atoms with Crippen LogP contribution in [0.2, 0.25) is 0 Å². The second-order valence-corrected chi connectivity index (χ2v) is 9.30. The van der Waals surface area contributed by atoms with Gasteiger partial charge in [0.15, 0.2) is 0 Å². The average Bonchev–Trinajstić information content (AvgIpc) is 3.14. The number of halogens is 1. The molecule has 1 atom stereocenters. The lowest BCUT2D eigenvalue weighted by molar-refractivity contribution is -0.142. The van der Waals surface area contributed by atoms with Crippen molar-refractivity contribution in [1.29, 1.82) is 0 Å². The number of esters is 1. The summed E-state index contributed by atoms with van der Waals surface area (Å²) in [7, 11) is 0. The van der Waals surface area contributed by atoms with Crippen molar-refractivity contribution < 1.29 is 23.5 Å². The van der Waals surface area contributed by atoms with Gasteiger partial charge >= 0.3 is 11.6 Å². The summed E-state index contributed by atoms with van der Waals surface area (Å²) in [6.07, 6.45) is 0. The zero-order valence-electron chi connectivity index (χ0n) is 18.5. The number of fused-ring (bicyclic) bond motifs is 6. The number of hydrogen-bond donors (Lipinski definition) is 2. The fraction of sp³-hybridized carbons (Fsp3) is 0.0741. The van der Waals surface area contributed by atoms with Crippen LogP contribution in [0.1, 0.15) is 16.7 Å². The summed E-state index contributed by atoms with van der Waals surface area (Å²) in [6.45, 7) is -0.0516. The quantitative estimate of drug-likeness (QED) is 0.294. The van der Waals surface area contributed by atoms with E-state index in [1.807, 2.05) is 18.2 Å². The Morgan fingerprint density at radius 2 is 1.78 bits per heavy atom. The molecule has 3 N–H and O–H groups in total. The molecule has 2 aliphatic heterocycles. The van der Waals surface area contributed by atoms with Crippen LogP contribution in [0.4, 0.5) is 5.69 Å². The standard InChI is InChI=1S/C27H17BrN2O6/c28-15-10-11-18-17(12-15)27(26(33)30-18)20-16-8-4-5-9-19(16)35-25(32)22(20)36-23(29)21(27)24(31)34-13-14-6-2-1-3-7-14/h1-12H,13,29H2,(H,30,33)/t27-/m1/s1. The third kappa shape index (κ3) is 3.09. The molecule has 0 unspecified atom stereocenters. The zero-order chi connectivity index (χ0) is 25.0. The maximum Gasteiger partial charge on any atom is 0.380 e. The average molecular weight is 545 g/mol. The van der Waals surface area contributed by atoms with E-state index >= 15 is 0 Å². The minimum absolute atomic E-state index is 0.0516. The first-order chi connectivity index (χ1) is 17.4. The lowest BCUT2D eigenvalue weighted by atomic mass is 9.67. The first-order valence-electron chi connectivity index (χ1n) is 11.0. The summed E-state index contributed by atoms with van der Waals surface area (Å²) in [5.74, 6) is -2.08. The predicted octanol–water partition coefficient (Wildman–Crippen LogP) is 4.10. The molecule has 0 fully saturated rings. The summed E-state index contributed by atoms with van der Waals surface area (Å²) >= 11 is 3.46. The molecular weight excluding hydrogens is 528 g/mol. The van der Waals surface area contributed by atoms with Crippen LogP contribution in [-0.2, 0) is 26.3 Å². The van der Waals surface area contributed by atoms with E-state index in [4.69, 9.17) is 19.6 Å². The molecular formula is C27H17BrN2O6. The Morgan fingerprint density at radius 1 is 1.03 bits per heavy atom. The first kappa shape index (κ1) is 22.1. The number of rotatable bonds is 3. The van der Waals surface area contributed by atoms with Crippen molar-refractivity contribution in [3.8, 4) is 5.75 Å². The number of amides is 1. The number of carbonyl (C=O) groups is 2. The van der Waals surface area contributed by atoms with Crippen LogP contribution in [0, 0.1) is 0 Å². The van der Waals surface area contributed by atoms with Gasteiger partial charge in [0, 0.05) is 26.7 Å². The summed E-state index contributed by atoms with van der Waals surface area (Å²) in [6, 6.07) is 21.0. The van der Waals surface area contributed by atoms with Crippen molar-refractivity contribution in [3.63, 3.8) is 0 Å². The van der Waals surface area contributed by atoms with Crippen LogP contribution >= 0.6 is 15.9 Å². The topological polar surface area (TPSA) is 121 Å². The van der Waals surface area contributed by atoms with E-state index in [-0.39, 0.29) is 29.1 Å². The number of para-hydroxylation sites is 1. The molecule has 3 aromatic carbocycles. The maximum atomic E-state index is 14.0. The fourth-order valence-electron chi connectivity index (χ4n) is 4.89. The Bertz CT molecular complexity index is 1680. The van der Waals surface area contributed by atoms with Crippen molar-refractivity contribution in [2.45, 2.75) is 12.0 Å². The maximum absolute atomic E-state index is 14.0. The lowest BCUT2D eigenvalue weighted by Crippen LogP contribution is -2.47. The number of ether oxygens (including phenoxy) is 2. The number of benzene rings is 3. The van der Waals surface area contributed by atoms with E-state index in [1.54, 1.807) is 54.6 Å². The van der Waals surface area contributed by atoms with Crippen molar-refractivity contribution in [1.82, 2.24) is 0 Å². The van der Waals surface area contributed by atoms with E-state index in [9.17, 15) is 14.4 Å². The molecule has 0 saturated heterocycles. The SMILES string of the molecule is NC1=C(C(=O)OCc2ccccc2)[C@]2(C(=O)Nc3ccc(Br)cc32)c2c(c(=O)oc3ccccc23)O1. The van der Waals surface area contributed by atoms with Crippen LogP contribution in [0.25, 0.3) is 11.0 Å². The molecule has 9 heteroatoms. The van der Waals surface area contributed by atoms with Crippen molar-refractivity contribution in [2.24, 2.45) is 5.73 Å². The van der Waals surface area contributed by atoms with Crippen LogP contribution in [0.15, 0.2) is 97.9 Å². The first-order valence-corrected chi connectivity index (χ1v) is 11.8. The third-order valence-electron chi connectivity index (χ3n) is 6.37. The number of hydrogen-bond acceptors (Lipinski definition) is 7. The number of nitrogens with two attached hydrogens (primary N) is 1.